The van der Waals surface area contributed by atoms with Crippen LogP contribution in [0, 0.1) is 0 Å². The van der Waals surface area contributed by atoms with E-state index in [-0.39, 0.29) is 5.91 Å². The summed E-state index contributed by atoms with van der Waals surface area (Å²) in [6.45, 7) is 3.32. The third-order valence-electron chi connectivity index (χ3n) is 3.40. The number of hydrogen-bond donors (Lipinski definition) is 0. The smallest absolute Gasteiger partial charge is 0.236 e. The molecule has 4 heteroatoms. The lowest BCUT2D eigenvalue weighted by atomic mass is 10.2. The predicted octanol–water partition coefficient (Wildman–Crippen LogP) is 1.18. The highest BCUT2D eigenvalue weighted by Crippen LogP contribution is 2.08. The van der Waals surface area contributed by atoms with Crippen molar-refractivity contribution in [2.45, 2.75) is 19.3 Å². The monoisotopic (exact) mass is 247 g/mol. The van der Waals surface area contributed by atoms with E-state index in [9.17, 15) is 4.79 Å². The molecule has 1 aliphatic heterocycles. The van der Waals surface area contributed by atoms with Gasteiger partial charge in [-0.25, -0.2) is 0 Å². The fraction of sp³-hybridized carbons (Fsp3) is 0.571. The van der Waals surface area contributed by atoms with E-state index in [2.05, 4.69) is 9.88 Å². The van der Waals surface area contributed by atoms with Gasteiger partial charge >= 0.3 is 0 Å². The van der Waals surface area contributed by atoms with Crippen molar-refractivity contribution in [2.75, 3.05) is 33.2 Å². The maximum atomic E-state index is 11.9. The number of likely N-dealkylation sites (N-methyl/N-ethyl adjacent to an activating group) is 1. The maximum Gasteiger partial charge on any atom is 0.236 e. The van der Waals surface area contributed by atoms with Gasteiger partial charge < -0.3 is 4.90 Å². The molecule has 0 spiro atoms. The second-order valence-corrected chi connectivity index (χ2v) is 4.93. The van der Waals surface area contributed by atoms with Crippen molar-refractivity contribution in [3.8, 4) is 0 Å². The SMILES string of the molecule is CN(CCc1ccncc1)CC(=O)N1CCCC1. The fourth-order valence-electron chi connectivity index (χ4n) is 2.25. The minimum atomic E-state index is 0.268. The Morgan fingerprint density at radius 2 is 2.00 bits per heavy atom. The van der Waals surface area contributed by atoms with Gasteiger partial charge in [0, 0.05) is 32.0 Å². The van der Waals surface area contributed by atoms with Crippen LogP contribution in [0.2, 0.25) is 0 Å². The Hall–Kier alpha value is -1.42. The van der Waals surface area contributed by atoms with Crippen LogP contribution in [0.25, 0.3) is 0 Å². The average Bonchev–Trinajstić information content (AvgIpc) is 2.91. The van der Waals surface area contributed by atoms with Crippen molar-refractivity contribution in [3.63, 3.8) is 0 Å². The van der Waals surface area contributed by atoms with Crippen molar-refractivity contribution >= 4 is 5.91 Å². The fourth-order valence-corrected chi connectivity index (χ4v) is 2.25. The highest BCUT2D eigenvalue weighted by molar-refractivity contribution is 5.78. The number of pyridine rings is 1. The van der Waals surface area contributed by atoms with E-state index in [1.165, 1.54) is 5.56 Å². The summed E-state index contributed by atoms with van der Waals surface area (Å²) in [5.74, 6) is 0.268. The van der Waals surface area contributed by atoms with Crippen molar-refractivity contribution in [1.82, 2.24) is 14.8 Å². The van der Waals surface area contributed by atoms with Crippen LogP contribution in [0.5, 0.6) is 0 Å². The molecular formula is C14H21N3O. The van der Waals surface area contributed by atoms with E-state index in [1.807, 2.05) is 36.5 Å². The van der Waals surface area contributed by atoms with Crippen LogP contribution in [0.1, 0.15) is 18.4 Å². The Balaban J connectivity index is 1.71. The first-order chi connectivity index (χ1) is 8.75. The van der Waals surface area contributed by atoms with Gasteiger partial charge in [-0.05, 0) is 44.0 Å². The molecule has 1 aliphatic rings. The van der Waals surface area contributed by atoms with Gasteiger partial charge in [-0.15, -0.1) is 0 Å². The molecule has 1 fully saturated rings. The highest BCUT2D eigenvalue weighted by atomic mass is 16.2. The van der Waals surface area contributed by atoms with Crippen LogP contribution in [-0.4, -0.2) is 53.9 Å². The molecule has 2 heterocycles. The number of rotatable bonds is 5. The van der Waals surface area contributed by atoms with Crippen LogP contribution >= 0.6 is 0 Å². The molecule has 0 N–H and O–H groups in total. The normalized spacial score (nSPS) is 15.3. The van der Waals surface area contributed by atoms with Gasteiger partial charge in [-0.1, -0.05) is 0 Å². The van der Waals surface area contributed by atoms with Gasteiger partial charge in [-0.2, -0.15) is 0 Å². The average molecular weight is 247 g/mol. The van der Waals surface area contributed by atoms with Crippen LogP contribution in [0.15, 0.2) is 24.5 Å². The number of aromatic nitrogens is 1. The quantitative estimate of drug-likeness (QED) is 0.784. The Morgan fingerprint density at radius 3 is 2.67 bits per heavy atom. The molecule has 1 aromatic heterocycles. The zero-order valence-corrected chi connectivity index (χ0v) is 11.0. The molecule has 0 saturated carbocycles. The zero-order chi connectivity index (χ0) is 12.8. The lowest BCUT2D eigenvalue weighted by molar-refractivity contribution is -0.131. The number of amides is 1. The third kappa shape index (κ3) is 3.81. The van der Waals surface area contributed by atoms with Crippen molar-refractivity contribution in [3.05, 3.63) is 30.1 Å². The van der Waals surface area contributed by atoms with Crippen LogP contribution in [0.4, 0.5) is 0 Å². The molecule has 0 aromatic carbocycles. The molecule has 1 saturated heterocycles. The summed E-state index contributed by atoms with van der Waals surface area (Å²) < 4.78 is 0. The van der Waals surface area contributed by atoms with E-state index >= 15 is 0 Å². The summed E-state index contributed by atoms with van der Waals surface area (Å²) in [5.41, 5.74) is 1.27. The summed E-state index contributed by atoms with van der Waals surface area (Å²) in [4.78, 5) is 20.0. The molecule has 0 aliphatic carbocycles. The summed E-state index contributed by atoms with van der Waals surface area (Å²) >= 11 is 0. The standard InChI is InChI=1S/C14H21N3O/c1-16(11-6-13-4-7-15-8-5-13)12-14(18)17-9-2-3-10-17/h4-5,7-8H,2-3,6,9-12H2,1H3. The molecule has 0 radical (unpaired) electrons. The van der Waals surface area contributed by atoms with E-state index in [0.717, 1.165) is 38.9 Å². The van der Waals surface area contributed by atoms with Gasteiger partial charge in [-0.3, -0.25) is 14.7 Å². The molecule has 0 unspecified atom stereocenters. The lowest BCUT2D eigenvalue weighted by Gasteiger charge is -2.21. The Labute approximate surface area is 109 Å². The highest BCUT2D eigenvalue weighted by Gasteiger charge is 2.18. The van der Waals surface area contributed by atoms with E-state index < -0.39 is 0 Å². The summed E-state index contributed by atoms with van der Waals surface area (Å²) in [7, 11) is 2.01. The first-order valence-electron chi connectivity index (χ1n) is 6.61. The molecule has 0 atom stereocenters. The second kappa shape index (κ2) is 6.50. The van der Waals surface area contributed by atoms with Crippen LogP contribution < -0.4 is 0 Å². The molecular weight excluding hydrogens is 226 g/mol. The predicted molar refractivity (Wildman–Crippen MR) is 71.3 cm³/mol. The zero-order valence-electron chi connectivity index (χ0n) is 11.0. The molecule has 0 bridgehead atoms. The number of carbonyl (C=O) groups excluding carboxylic acids is 1. The van der Waals surface area contributed by atoms with E-state index in [1.54, 1.807) is 0 Å². The minimum absolute atomic E-state index is 0.268. The van der Waals surface area contributed by atoms with Gasteiger partial charge in [0.05, 0.1) is 6.54 Å². The third-order valence-corrected chi connectivity index (χ3v) is 3.40. The summed E-state index contributed by atoms with van der Waals surface area (Å²) in [5, 5.41) is 0. The Kier molecular flexibility index (Phi) is 4.70. The number of likely N-dealkylation sites (tertiary alicyclic amines) is 1. The van der Waals surface area contributed by atoms with Gasteiger partial charge in [0.25, 0.3) is 0 Å². The second-order valence-electron chi connectivity index (χ2n) is 4.93. The van der Waals surface area contributed by atoms with Crippen molar-refractivity contribution in [1.29, 1.82) is 0 Å². The molecule has 1 aromatic rings. The van der Waals surface area contributed by atoms with Crippen LogP contribution in [-0.2, 0) is 11.2 Å². The van der Waals surface area contributed by atoms with Gasteiger partial charge in [0.15, 0.2) is 0 Å². The Bertz CT molecular complexity index is 374. The van der Waals surface area contributed by atoms with Crippen molar-refractivity contribution in [2.24, 2.45) is 0 Å². The molecule has 98 valence electrons. The summed E-state index contributed by atoms with van der Waals surface area (Å²) in [6, 6.07) is 4.05. The topological polar surface area (TPSA) is 36.4 Å². The van der Waals surface area contributed by atoms with Crippen molar-refractivity contribution < 1.29 is 4.79 Å². The number of nitrogens with zero attached hydrogens (tertiary/aromatic N) is 3. The largest absolute Gasteiger partial charge is 0.342 e. The number of hydrogen-bond acceptors (Lipinski definition) is 3. The lowest BCUT2D eigenvalue weighted by Crippen LogP contribution is -2.37. The molecule has 18 heavy (non-hydrogen) atoms. The van der Waals surface area contributed by atoms with E-state index in [4.69, 9.17) is 0 Å². The number of carbonyl (C=O) groups is 1. The Morgan fingerprint density at radius 1 is 1.33 bits per heavy atom. The molecule has 4 nitrogen and oxygen atoms in total. The van der Waals surface area contributed by atoms with Gasteiger partial charge in [0.1, 0.15) is 0 Å². The summed E-state index contributed by atoms with van der Waals surface area (Å²) in [6.07, 6.45) is 6.90. The van der Waals surface area contributed by atoms with Crippen LogP contribution in [0.3, 0.4) is 0 Å². The van der Waals surface area contributed by atoms with E-state index in [0.29, 0.717) is 6.54 Å². The molecule has 2 rings (SSSR count). The first kappa shape index (κ1) is 13.0. The van der Waals surface area contributed by atoms with Gasteiger partial charge in [0.2, 0.25) is 5.91 Å². The maximum absolute atomic E-state index is 11.9. The minimum Gasteiger partial charge on any atom is -0.342 e. The first-order valence-corrected chi connectivity index (χ1v) is 6.61. The molecule has 1 amide bonds.